The molecule has 0 bridgehead atoms. The lowest BCUT2D eigenvalue weighted by atomic mass is 10.1. The highest BCUT2D eigenvalue weighted by Gasteiger charge is 2.16. The van der Waals surface area contributed by atoms with Crippen molar-refractivity contribution in [3.63, 3.8) is 0 Å². The van der Waals surface area contributed by atoms with Gasteiger partial charge >= 0.3 is 0 Å². The van der Waals surface area contributed by atoms with Crippen LogP contribution in [0.1, 0.15) is 27.5 Å². The van der Waals surface area contributed by atoms with Crippen LogP contribution in [-0.4, -0.2) is 11.8 Å². The molecule has 0 aliphatic rings. The van der Waals surface area contributed by atoms with Crippen molar-refractivity contribution >= 4 is 33.4 Å². The molecule has 2 nitrogen and oxygen atoms in total. The second kappa shape index (κ2) is 6.91. The number of alkyl halides is 1. The number of halogens is 2. The van der Waals surface area contributed by atoms with Gasteiger partial charge in [-0.15, -0.1) is 11.6 Å². The minimum absolute atomic E-state index is 0.133. The van der Waals surface area contributed by atoms with Crippen molar-refractivity contribution in [3.05, 3.63) is 69.7 Å². The molecule has 2 rings (SSSR count). The maximum atomic E-state index is 12.3. The smallest absolute Gasteiger partial charge is 0.252 e. The van der Waals surface area contributed by atoms with Crippen LogP contribution < -0.4 is 5.32 Å². The van der Waals surface area contributed by atoms with Gasteiger partial charge in [0, 0.05) is 10.4 Å². The fraction of sp³-hybridized carbons (Fsp3) is 0.188. The van der Waals surface area contributed by atoms with Crippen molar-refractivity contribution in [2.75, 3.05) is 5.88 Å². The van der Waals surface area contributed by atoms with Crippen LogP contribution in [-0.2, 0) is 0 Å². The zero-order valence-electron chi connectivity index (χ0n) is 11.1. The van der Waals surface area contributed by atoms with Crippen molar-refractivity contribution in [2.24, 2.45) is 0 Å². The molecule has 0 saturated heterocycles. The molecule has 4 heteroatoms. The summed E-state index contributed by atoms with van der Waals surface area (Å²) in [6.45, 7) is 1.98. The Balaban J connectivity index is 2.17. The van der Waals surface area contributed by atoms with Crippen LogP contribution >= 0.6 is 27.5 Å². The van der Waals surface area contributed by atoms with Crippen LogP contribution in [0, 0.1) is 6.92 Å². The van der Waals surface area contributed by atoms with Crippen molar-refractivity contribution in [2.45, 2.75) is 13.0 Å². The van der Waals surface area contributed by atoms with Crippen LogP contribution in [0.25, 0.3) is 0 Å². The highest BCUT2D eigenvalue weighted by molar-refractivity contribution is 9.10. The fourth-order valence-corrected chi connectivity index (χ4v) is 2.87. The second-order valence-electron chi connectivity index (χ2n) is 4.57. The van der Waals surface area contributed by atoms with E-state index < -0.39 is 0 Å². The predicted molar refractivity (Wildman–Crippen MR) is 86.2 cm³/mol. The van der Waals surface area contributed by atoms with E-state index in [-0.39, 0.29) is 11.9 Å². The second-order valence-corrected chi connectivity index (χ2v) is 5.74. The normalized spacial score (nSPS) is 11.9. The molecule has 20 heavy (non-hydrogen) atoms. The van der Waals surface area contributed by atoms with E-state index in [2.05, 4.69) is 21.2 Å². The molecule has 0 spiro atoms. The summed E-state index contributed by atoms with van der Waals surface area (Å²) in [4.78, 5) is 12.3. The van der Waals surface area contributed by atoms with Crippen LogP contribution in [0.4, 0.5) is 0 Å². The Hall–Kier alpha value is -1.32. The average Bonchev–Trinajstić information content (AvgIpc) is 2.45. The molecule has 0 aliphatic heterocycles. The third-order valence-corrected chi connectivity index (χ3v) is 4.00. The van der Waals surface area contributed by atoms with Gasteiger partial charge < -0.3 is 5.32 Å². The number of rotatable bonds is 4. The van der Waals surface area contributed by atoms with Gasteiger partial charge in [0.15, 0.2) is 0 Å². The summed E-state index contributed by atoms with van der Waals surface area (Å²) in [5.41, 5.74) is 2.71. The van der Waals surface area contributed by atoms with Crippen LogP contribution in [0.15, 0.2) is 53.0 Å². The molecule has 0 fully saturated rings. The maximum Gasteiger partial charge on any atom is 0.252 e. The molecule has 0 aliphatic carbocycles. The highest BCUT2D eigenvalue weighted by atomic mass is 79.9. The van der Waals surface area contributed by atoms with Gasteiger partial charge in [-0.2, -0.15) is 0 Å². The van der Waals surface area contributed by atoms with Gasteiger partial charge in [-0.05, 0) is 46.1 Å². The third kappa shape index (κ3) is 3.62. The lowest BCUT2D eigenvalue weighted by molar-refractivity contribution is 0.0939. The molecule has 1 atom stereocenters. The van der Waals surface area contributed by atoms with Crippen molar-refractivity contribution < 1.29 is 4.79 Å². The monoisotopic (exact) mass is 351 g/mol. The van der Waals surface area contributed by atoms with Crippen LogP contribution in [0.5, 0.6) is 0 Å². The largest absolute Gasteiger partial charge is 0.344 e. The van der Waals surface area contributed by atoms with Gasteiger partial charge in [-0.3, -0.25) is 4.79 Å². The first-order chi connectivity index (χ1) is 9.61. The lowest BCUT2D eigenvalue weighted by Crippen LogP contribution is -2.29. The van der Waals surface area contributed by atoms with Crippen LogP contribution in [0.2, 0.25) is 0 Å². The summed E-state index contributed by atoms with van der Waals surface area (Å²) in [5, 5.41) is 2.96. The summed E-state index contributed by atoms with van der Waals surface area (Å²) in [6, 6.07) is 15.2. The number of benzene rings is 2. The molecule has 0 saturated carbocycles. The molecule has 0 aromatic heterocycles. The van der Waals surface area contributed by atoms with E-state index in [0.29, 0.717) is 11.4 Å². The quantitative estimate of drug-likeness (QED) is 0.808. The molecule has 0 radical (unpaired) electrons. The number of carbonyl (C=O) groups is 1. The van der Waals surface area contributed by atoms with E-state index in [1.165, 1.54) is 0 Å². The number of nitrogens with one attached hydrogen (secondary N) is 1. The Bertz CT molecular complexity index is 601. The standard InChI is InChI=1S/C16H15BrClNO/c1-11-7-8-13(14(17)9-11)16(20)19-15(10-18)12-5-3-2-4-6-12/h2-9,15H,10H2,1H3,(H,19,20). The minimum atomic E-state index is -0.196. The summed E-state index contributed by atoms with van der Waals surface area (Å²) in [6.07, 6.45) is 0. The lowest BCUT2D eigenvalue weighted by Gasteiger charge is -2.17. The SMILES string of the molecule is Cc1ccc(C(=O)NC(CCl)c2ccccc2)c(Br)c1. The van der Waals surface area contributed by atoms with E-state index in [1.54, 1.807) is 0 Å². The van der Waals surface area contributed by atoms with E-state index in [1.807, 2.05) is 55.5 Å². The molecular weight excluding hydrogens is 338 g/mol. The van der Waals surface area contributed by atoms with E-state index in [9.17, 15) is 4.79 Å². The Morgan fingerprint density at radius 3 is 2.55 bits per heavy atom. The van der Waals surface area contributed by atoms with Gasteiger partial charge in [-0.1, -0.05) is 36.4 Å². The molecule has 1 N–H and O–H groups in total. The van der Waals surface area contributed by atoms with Gasteiger partial charge in [0.05, 0.1) is 11.6 Å². The predicted octanol–water partition coefficient (Wildman–Crippen LogP) is 4.47. The van der Waals surface area contributed by atoms with E-state index in [0.717, 1.165) is 15.6 Å². The molecule has 0 heterocycles. The molecule has 2 aromatic rings. The van der Waals surface area contributed by atoms with E-state index >= 15 is 0 Å². The number of hydrogen-bond donors (Lipinski definition) is 1. The molecule has 1 unspecified atom stereocenters. The van der Waals surface area contributed by atoms with Gasteiger partial charge in [-0.25, -0.2) is 0 Å². The zero-order valence-corrected chi connectivity index (χ0v) is 13.4. The summed E-state index contributed by atoms with van der Waals surface area (Å²) >= 11 is 9.39. The number of hydrogen-bond acceptors (Lipinski definition) is 1. The fourth-order valence-electron chi connectivity index (χ4n) is 1.94. The van der Waals surface area contributed by atoms with Crippen molar-refractivity contribution in [1.29, 1.82) is 0 Å². The molecule has 104 valence electrons. The molecular formula is C16H15BrClNO. The summed E-state index contributed by atoms with van der Waals surface area (Å²) in [5.74, 6) is 0.200. The number of amides is 1. The number of carbonyl (C=O) groups excluding carboxylic acids is 1. The van der Waals surface area contributed by atoms with Gasteiger partial charge in [0.1, 0.15) is 0 Å². The number of aryl methyl sites for hydroxylation is 1. The first-order valence-electron chi connectivity index (χ1n) is 6.29. The zero-order chi connectivity index (χ0) is 14.5. The Labute approximate surface area is 132 Å². The van der Waals surface area contributed by atoms with E-state index in [4.69, 9.17) is 11.6 Å². The van der Waals surface area contributed by atoms with Crippen molar-refractivity contribution in [3.8, 4) is 0 Å². The summed E-state index contributed by atoms with van der Waals surface area (Å²) in [7, 11) is 0. The van der Waals surface area contributed by atoms with Crippen molar-refractivity contribution in [1.82, 2.24) is 5.32 Å². The first kappa shape index (κ1) is 15.1. The maximum absolute atomic E-state index is 12.3. The minimum Gasteiger partial charge on any atom is -0.344 e. The Kier molecular flexibility index (Phi) is 5.21. The van der Waals surface area contributed by atoms with Gasteiger partial charge in [0.25, 0.3) is 5.91 Å². The first-order valence-corrected chi connectivity index (χ1v) is 7.62. The van der Waals surface area contributed by atoms with Gasteiger partial charge in [0.2, 0.25) is 0 Å². The highest BCUT2D eigenvalue weighted by Crippen LogP contribution is 2.20. The third-order valence-electron chi connectivity index (χ3n) is 3.03. The Morgan fingerprint density at radius 2 is 1.95 bits per heavy atom. The Morgan fingerprint density at radius 1 is 1.25 bits per heavy atom. The average molecular weight is 353 g/mol. The topological polar surface area (TPSA) is 29.1 Å². The molecule has 1 amide bonds. The molecule has 2 aromatic carbocycles. The van der Waals surface area contributed by atoms with Crippen LogP contribution in [0.3, 0.4) is 0 Å². The summed E-state index contributed by atoms with van der Waals surface area (Å²) < 4.78 is 0.788.